The minimum atomic E-state index is -0.902. The number of rotatable bonds is 6. The Morgan fingerprint density at radius 2 is 1.63 bits per heavy atom. The fourth-order valence-electron chi connectivity index (χ4n) is 3.68. The van der Waals surface area contributed by atoms with Crippen molar-refractivity contribution in [3.63, 3.8) is 0 Å². The van der Waals surface area contributed by atoms with Crippen LogP contribution in [0.25, 0.3) is 0 Å². The topological polar surface area (TPSA) is 78.0 Å². The maximum absolute atomic E-state index is 12.5. The van der Waals surface area contributed by atoms with Crippen LogP contribution in [-0.4, -0.2) is 64.6 Å². The summed E-state index contributed by atoms with van der Waals surface area (Å²) in [6.07, 6.45) is 3.35. The zero-order valence-corrected chi connectivity index (χ0v) is 15.6. The van der Waals surface area contributed by atoms with E-state index in [1.54, 1.807) is 4.90 Å². The Morgan fingerprint density at radius 1 is 1.00 bits per heavy atom. The third kappa shape index (κ3) is 4.18. The van der Waals surface area contributed by atoms with E-state index in [0.29, 0.717) is 25.4 Å². The summed E-state index contributed by atoms with van der Waals surface area (Å²) in [5.74, 6) is -1.49. The lowest BCUT2D eigenvalue weighted by atomic mass is 9.90. The number of urea groups is 1. The molecule has 0 spiro atoms. The van der Waals surface area contributed by atoms with Crippen molar-refractivity contribution < 1.29 is 19.2 Å². The molecule has 0 radical (unpaired) electrons. The van der Waals surface area contributed by atoms with Gasteiger partial charge in [0.25, 0.3) is 0 Å². The third-order valence-corrected chi connectivity index (χ3v) is 5.21. The van der Waals surface area contributed by atoms with Crippen molar-refractivity contribution in [1.82, 2.24) is 14.7 Å². The van der Waals surface area contributed by atoms with Crippen LogP contribution in [0.1, 0.15) is 31.7 Å². The zero-order valence-electron chi connectivity index (χ0n) is 15.6. The third-order valence-electron chi connectivity index (χ3n) is 5.21. The molecule has 1 aromatic rings. The first-order valence-corrected chi connectivity index (χ1v) is 9.50. The molecule has 0 aliphatic carbocycles. The highest BCUT2D eigenvalue weighted by atomic mass is 16.2. The highest BCUT2D eigenvalue weighted by molar-refractivity contribution is 6.45. The second-order valence-electron chi connectivity index (χ2n) is 7.14. The average molecular weight is 371 g/mol. The molecular weight excluding hydrogens is 346 g/mol. The molecule has 0 bridgehead atoms. The second kappa shape index (κ2) is 8.33. The Labute approximate surface area is 158 Å². The van der Waals surface area contributed by atoms with Crippen molar-refractivity contribution in [2.75, 3.05) is 26.2 Å². The summed E-state index contributed by atoms with van der Waals surface area (Å²) in [5, 5.41) is 0. The molecule has 0 aromatic heterocycles. The van der Waals surface area contributed by atoms with Gasteiger partial charge in [0.05, 0.1) is 0 Å². The number of piperidine rings is 1. The molecule has 5 amide bonds. The highest BCUT2D eigenvalue weighted by Crippen LogP contribution is 2.22. The summed E-state index contributed by atoms with van der Waals surface area (Å²) in [6.45, 7) is 2.88. The van der Waals surface area contributed by atoms with Crippen molar-refractivity contribution >= 4 is 23.8 Å². The monoisotopic (exact) mass is 371 g/mol. The summed E-state index contributed by atoms with van der Waals surface area (Å²) >= 11 is 0. The van der Waals surface area contributed by atoms with Crippen LogP contribution in [0, 0.1) is 5.92 Å². The van der Waals surface area contributed by atoms with Gasteiger partial charge in [0, 0.05) is 19.6 Å². The van der Waals surface area contributed by atoms with Gasteiger partial charge in [-0.3, -0.25) is 19.3 Å². The highest BCUT2D eigenvalue weighted by Gasteiger charge is 2.45. The molecule has 27 heavy (non-hydrogen) atoms. The van der Waals surface area contributed by atoms with Crippen molar-refractivity contribution in [2.45, 2.75) is 32.6 Å². The van der Waals surface area contributed by atoms with E-state index in [1.165, 1.54) is 5.56 Å². The molecule has 7 nitrogen and oxygen atoms in total. The quantitative estimate of drug-likeness (QED) is 0.563. The standard InChI is InChI=1S/C20H25N3O4/c1-2-10-22-18(25)19(26)23(20(22)27)14-17(24)21-11-8-16(9-12-21)13-15-6-4-3-5-7-15/h3-7,16H,2,8-14H2,1H3. The lowest BCUT2D eigenvalue weighted by Gasteiger charge is -2.32. The van der Waals surface area contributed by atoms with Crippen LogP contribution in [0.15, 0.2) is 30.3 Å². The smallest absolute Gasteiger partial charge is 0.334 e. The zero-order chi connectivity index (χ0) is 19.4. The minimum absolute atomic E-state index is 0.193. The molecular formula is C20H25N3O4. The van der Waals surface area contributed by atoms with E-state index in [-0.39, 0.29) is 19.0 Å². The minimum Gasteiger partial charge on any atom is -0.341 e. The van der Waals surface area contributed by atoms with Gasteiger partial charge < -0.3 is 4.90 Å². The number of benzene rings is 1. The lowest BCUT2D eigenvalue weighted by Crippen LogP contribution is -2.46. The molecule has 0 atom stereocenters. The maximum Gasteiger partial charge on any atom is 0.334 e. The van der Waals surface area contributed by atoms with Gasteiger partial charge in [0.15, 0.2) is 0 Å². The number of hydrogen-bond acceptors (Lipinski definition) is 4. The van der Waals surface area contributed by atoms with Crippen molar-refractivity contribution in [2.24, 2.45) is 5.92 Å². The van der Waals surface area contributed by atoms with Gasteiger partial charge in [-0.15, -0.1) is 0 Å². The molecule has 0 unspecified atom stereocenters. The molecule has 2 aliphatic rings. The summed E-state index contributed by atoms with van der Waals surface area (Å²) < 4.78 is 0. The Balaban J connectivity index is 1.52. The summed E-state index contributed by atoms with van der Waals surface area (Å²) in [5.41, 5.74) is 1.30. The Bertz CT molecular complexity index is 726. The molecule has 0 N–H and O–H groups in total. The van der Waals surface area contributed by atoms with Crippen molar-refractivity contribution in [1.29, 1.82) is 0 Å². The van der Waals surface area contributed by atoms with Crippen LogP contribution in [0.3, 0.4) is 0 Å². The first-order valence-electron chi connectivity index (χ1n) is 9.50. The summed E-state index contributed by atoms with van der Waals surface area (Å²) in [6, 6.07) is 9.60. The molecule has 1 aromatic carbocycles. The lowest BCUT2D eigenvalue weighted by molar-refractivity contribution is -0.145. The fourth-order valence-corrected chi connectivity index (χ4v) is 3.68. The molecule has 2 saturated heterocycles. The van der Waals surface area contributed by atoms with Gasteiger partial charge in [-0.05, 0) is 37.2 Å². The van der Waals surface area contributed by atoms with Gasteiger partial charge >= 0.3 is 17.8 Å². The van der Waals surface area contributed by atoms with E-state index in [9.17, 15) is 19.2 Å². The molecule has 7 heteroatoms. The van der Waals surface area contributed by atoms with Crippen LogP contribution in [0.2, 0.25) is 0 Å². The van der Waals surface area contributed by atoms with E-state index in [4.69, 9.17) is 0 Å². The number of carbonyl (C=O) groups is 4. The van der Waals surface area contributed by atoms with Gasteiger partial charge in [0.2, 0.25) is 5.91 Å². The number of nitrogens with zero attached hydrogens (tertiary/aromatic N) is 3. The van der Waals surface area contributed by atoms with Crippen molar-refractivity contribution in [3.8, 4) is 0 Å². The maximum atomic E-state index is 12.5. The van der Waals surface area contributed by atoms with Crippen LogP contribution < -0.4 is 0 Å². The molecule has 0 saturated carbocycles. The van der Waals surface area contributed by atoms with E-state index < -0.39 is 17.8 Å². The van der Waals surface area contributed by atoms with E-state index >= 15 is 0 Å². The molecule has 2 heterocycles. The van der Waals surface area contributed by atoms with Crippen LogP contribution in [-0.2, 0) is 20.8 Å². The second-order valence-corrected chi connectivity index (χ2v) is 7.14. The number of amides is 5. The molecule has 2 aliphatic heterocycles. The largest absolute Gasteiger partial charge is 0.341 e. The van der Waals surface area contributed by atoms with E-state index in [1.807, 2.05) is 25.1 Å². The van der Waals surface area contributed by atoms with E-state index in [0.717, 1.165) is 29.1 Å². The van der Waals surface area contributed by atoms with Crippen LogP contribution in [0.4, 0.5) is 4.79 Å². The Morgan fingerprint density at radius 3 is 2.26 bits per heavy atom. The normalized spacial score (nSPS) is 18.6. The van der Waals surface area contributed by atoms with Gasteiger partial charge in [-0.2, -0.15) is 0 Å². The van der Waals surface area contributed by atoms with Crippen molar-refractivity contribution in [3.05, 3.63) is 35.9 Å². The SMILES string of the molecule is CCCN1C(=O)C(=O)N(CC(=O)N2CCC(Cc3ccccc3)CC2)C1=O. The van der Waals surface area contributed by atoms with Gasteiger partial charge in [0.1, 0.15) is 6.54 Å². The number of imide groups is 2. The Hall–Kier alpha value is -2.70. The molecule has 2 fully saturated rings. The number of hydrogen-bond donors (Lipinski definition) is 0. The number of carbonyl (C=O) groups excluding carboxylic acids is 4. The Kier molecular flexibility index (Phi) is 5.88. The first kappa shape index (κ1) is 19.1. The number of likely N-dealkylation sites (tertiary alicyclic amines) is 1. The van der Waals surface area contributed by atoms with E-state index in [2.05, 4.69) is 12.1 Å². The molecule has 3 rings (SSSR count). The summed E-state index contributed by atoms with van der Waals surface area (Å²) in [4.78, 5) is 52.0. The molecule has 144 valence electrons. The van der Waals surface area contributed by atoms with Gasteiger partial charge in [-0.1, -0.05) is 37.3 Å². The fraction of sp³-hybridized carbons (Fsp3) is 0.500. The first-order chi connectivity index (χ1) is 13.0. The predicted molar refractivity (Wildman–Crippen MR) is 98.6 cm³/mol. The predicted octanol–water partition coefficient (Wildman–Crippen LogP) is 1.67. The van der Waals surface area contributed by atoms with Crippen LogP contribution in [0.5, 0.6) is 0 Å². The average Bonchev–Trinajstić information content (AvgIpc) is 2.88. The van der Waals surface area contributed by atoms with Gasteiger partial charge in [-0.25, -0.2) is 9.69 Å². The van der Waals surface area contributed by atoms with Crippen LogP contribution >= 0.6 is 0 Å². The summed E-state index contributed by atoms with van der Waals surface area (Å²) in [7, 11) is 0.